The lowest BCUT2D eigenvalue weighted by molar-refractivity contribution is -0.134. The fraction of sp³-hybridized carbons (Fsp3) is 0. The molecule has 0 amide bonds. The summed E-state index contributed by atoms with van der Waals surface area (Å²) in [6.07, 6.45) is 6.38. The summed E-state index contributed by atoms with van der Waals surface area (Å²) in [5.74, 6) is -2.31. The first-order chi connectivity index (χ1) is 14.1. The number of fused-ring (bicyclic) bond motifs is 2. The average molecular weight is 387 g/mol. The van der Waals surface area contributed by atoms with Gasteiger partial charge in [0.2, 0.25) is 11.7 Å². The van der Waals surface area contributed by atoms with E-state index < -0.39 is 17.3 Å². The van der Waals surface area contributed by atoms with Crippen molar-refractivity contribution in [3.05, 3.63) is 71.8 Å². The predicted molar refractivity (Wildman–Crippen MR) is 105 cm³/mol. The van der Waals surface area contributed by atoms with Crippen molar-refractivity contribution >= 4 is 45.6 Å². The van der Waals surface area contributed by atoms with E-state index in [4.69, 9.17) is 4.74 Å². The van der Waals surface area contributed by atoms with Crippen molar-refractivity contribution in [3.8, 4) is 0 Å². The number of ketones is 1. The summed E-state index contributed by atoms with van der Waals surface area (Å²) in [4.78, 5) is 38.7. The number of rotatable bonds is 4. The fourth-order valence-electron chi connectivity index (χ4n) is 3.19. The van der Waals surface area contributed by atoms with Gasteiger partial charge in [0.05, 0.1) is 17.4 Å². The van der Waals surface area contributed by atoms with Crippen molar-refractivity contribution in [1.29, 1.82) is 0 Å². The molecule has 0 bridgehead atoms. The zero-order chi connectivity index (χ0) is 20.0. The van der Waals surface area contributed by atoms with Crippen LogP contribution in [0.1, 0.15) is 5.56 Å². The molecular formula is C20H13N5O4. The fourth-order valence-corrected chi connectivity index (χ4v) is 3.19. The van der Waals surface area contributed by atoms with Crippen LogP contribution in [-0.4, -0.2) is 36.8 Å². The van der Waals surface area contributed by atoms with Gasteiger partial charge in [-0.15, -0.1) is 0 Å². The molecule has 0 saturated carbocycles. The number of aromatic nitrogens is 4. The number of Topliss-reactive ketones (excluding diaryl/α,β-unsaturated/α-hetero) is 1. The number of aliphatic carboxylic acids is 1. The van der Waals surface area contributed by atoms with Crippen LogP contribution in [0.5, 0.6) is 0 Å². The topological polar surface area (TPSA) is 133 Å². The molecule has 1 aromatic carbocycles. The molecule has 29 heavy (non-hydrogen) atoms. The number of allylic oxidation sites excluding steroid dienone is 1. The number of ether oxygens (including phenoxy) is 1. The van der Waals surface area contributed by atoms with E-state index in [9.17, 15) is 14.7 Å². The van der Waals surface area contributed by atoms with E-state index in [1.165, 1.54) is 6.08 Å². The number of hydrogen-bond acceptors (Lipinski definition) is 6. The zero-order valence-electron chi connectivity index (χ0n) is 14.8. The van der Waals surface area contributed by atoms with Crippen LogP contribution in [-0.2, 0) is 14.3 Å². The second-order valence-corrected chi connectivity index (χ2v) is 6.35. The van der Waals surface area contributed by atoms with Crippen molar-refractivity contribution in [2.45, 2.75) is 0 Å². The number of imidazole rings is 1. The Morgan fingerprint density at radius 3 is 2.97 bits per heavy atom. The summed E-state index contributed by atoms with van der Waals surface area (Å²) in [5.41, 5.74) is 2.93. The maximum Gasteiger partial charge on any atom is 0.345 e. The lowest BCUT2D eigenvalue weighted by Crippen LogP contribution is -2.12. The number of carbonyl (C=O) groups excluding carboxylic acids is 1. The Morgan fingerprint density at radius 1 is 1.21 bits per heavy atom. The van der Waals surface area contributed by atoms with Crippen LogP contribution >= 0.6 is 0 Å². The molecule has 0 atom stereocenters. The van der Waals surface area contributed by atoms with Gasteiger partial charge >= 0.3 is 5.97 Å². The largest absolute Gasteiger partial charge is 0.477 e. The molecule has 9 nitrogen and oxygen atoms in total. The minimum absolute atomic E-state index is 0.0875. The summed E-state index contributed by atoms with van der Waals surface area (Å²) >= 11 is 0. The highest BCUT2D eigenvalue weighted by Crippen LogP contribution is 2.30. The molecule has 0 saturated heterocycles. The third kappa shape index (κ3) is 2.81. The van der Waals surface area contributed by atoms with Gasteiger partial charge in [0.25, 0.3) is 0 Å². The molecule has 0 unspecified atom stereocenters. The first-order valence-corrected chi connectivity index (χ1v) is 8.64. The Bertz CT molecular complexity index is 1360. The lowest BCUT2D eigenvalue weighted by atomic mass is 10.1. The van der Waals surface area contributed by atoms with Gasteiger partial charge in [0, 0.05) is 29.0 Å². The van der Waals surface area contributed by atoms with Crippen molar-refractivity contribution in [2.24, 2.45) is 0 Å². The molecule has 0 spiro atoms. The van der Waals surface area contributed by atoms with Crippen molar-refractivity contribution in [1.82, 2.24) is 19.9 Å². The first-order valence-electron chi connectivity index (χ1n) is 8.64. The molecule has 5 rings (SSSR count). The molecule has 0 aliphatic carbocycles. The maximum atomic E-state index is 12.7. The highest BCUT2D eigenvalue weighted by Gasteiger charge is 2.36. The first kappa shape index (κ1) is 16.8. The number of nitrogens with zero attached hydrogens (tertiary/aromatic N) is 2. The molecule has 1 aliphatic rings. The Kier molecular flexibility index (Phi) is 3.66. The molecule has 4 heterocycles. The maximum absolute atomic E-state index is 12.7. The summed E-state index contributed by atoms with van der Waals surface area (Å²) in [6, 6.07) is 8.86. The molecule has 0 fully saturated rings. The summed E-state index contributed by atoms with van der Waals surface area (Å²) in [6.45, 7) is 0. The molecule has 142 valence electrons. The standard InChI is InChI=1S/C20H13N5O4/c26-17-15(6-10-8-22-18-12(10)2-1-5-21-18)29-19(16(17)20(27)28)25-11-3-4-13-14(7-11)24-9-23-13/h1-9,25H,(H,21,22)(H,23,24)(H,27,28)/b15-6-. The highest BCUT2D eigenvalue weighted by atomic mass is 16.5. The number of hydrogen-bond donors (Lipinski definition) is 4. The SMILES string of the molecule is O=C(O)C1=C(Nc2ccc3[nH]cnc3c2)O/C(=C\c2c[nH]c3ncccc23)C1=O. The second-order valence-electron chi connectivity index (χ2n) is 6.35. The van der Waals surface area contributed by atoms with Gasteiger partial charge in [-0.05, 0) is 36.4 Å². The van der Waals surface area contributed by atoms with Gasteiger partial charge in [-0.25, -0.2) is 14.8 Å². The van der Waals surface area contributed by atoms with Crippen LogP contribution < -0.4 is 5.32 Å². The van der Waals surface area contributed by atoms with Crippen LogP contribution in [0.15, 0.2) is 66.3 Å². The van der Waals surface area contributed by atoms with E-state index in [-0.39, 0.29) is 11.6 Å². The van der Waals surface area contributed by atoms with Gasteiger partial charge in [-0.2, -0.15) is 0 Å². The monoisotopic (exact) mass is 387 g/mol. The van der Waals surface area contributed by atoms with E-state index in [0.29, 0.717) is 22.4 Å². The number of carboxylic acids is 1. The molecule has 4 aromatic rings. The average Bonchev–Trinajstić information content (AvgIpc) is 3.40. The zero-order valence-corrected chi connectivity index (χ0v) is 14.8. The van der Waals surface area contributed by atoms with E-state index >= 15 is 0 Å². The number of benzene rings is 1. The Hall–Kier alpha value is -4.40. The number of carboxylic acid groups (broad SMARTS) is 1. The third-order valence-electron chi connectivity index (χ3n) is 4.55. The lowest BCUT2D eigenvalue weighted by Gasteiger charge is -2.08. The Morgan fingerprint density at radius 2 is 2.10 bits per heavy atom. The molecule has 0 radical (unpaired) electrons. The highest BCUT2D eigenvalue weighted by molar-refractivity contribution is 6.26. The van der Waals surface area contributed by atoms with Crippen LogP contribution in [0.3, 0.4) is 0 Å². The van der Waals surface area contributed by atoms with Crippen molar-refractivity contribution < 1.29 is 19.4 Å². The van der Waals surface area contributed by atoms with Crippen LogP contribution in [0, 0.1) is 0 Å². The minimum Gasteiger partial charge on any atom is -0.477 e. The van der Waals surface area contributed by atoms with Crippen LogP contribution in [0.2, 0.25) is 0 Å². The molecule has 1 aliphatic heterocycles. The molecule has 3 aromatic heterocycles. The van der Waals surface area contributed by atoms with Gasteiger partial charge < -0.3 is 25.1 Å². The number of pyridine rings is 1. The van der Waals surface area contributed by atoms with Gasteiger partial charge in [-0.3, -0.25) is 4.79 Å². The normalized spacial score (nSPS) is 15.4. The van der Waals surface area contributed by atoms with Gasteiger partial charge in [-0.1, -0.05) is 0 Å². The predicted octanol–water partition coefficient (Wildman–Crippen LogP) is 2.79. The third-order valence-corrected chi connectivity index (χ3v) is 4.55. The number of nitrogens with one attached hydrogen (secondary N) is 3. The van der Waals surface area contributed by atoms with E-state index in [0.717, 1.165) is 10.9 Å². The van der Waals surface area contributed by atoms with E-state index in [1.807, 2.05) is 6.07 Å². The number of aromatic amines is 2. The molecule has 9 heteroatoms. The second kappa shape index (κ2) is 6.34. The summed E-state index contributed by atoms with van der Waals surface area (Å²) in [5, 5.41) is 13.2. The van der Waals surface area contributed by atoms with Gasteiger partial charge in [0.1, 0.15) is 5.65 Å². The summed E-state index contributed by atoms with van der Waals surface area (Å²) < 4.78 is 5.60. The smallest absolute Gasteiger partial charge is 0.345 e. The number of anilines is 1. The quantitative estimate of drug-likeness (QED) is 0.312. The molecule has 4 N–H and O–H groups in total. The minimum atomic E-state index is -1.37. The van der Waals surface area contributed by atoms with E-state index in [2.05, 4.69) is 25.3 Å². The Labute approximate surface area is 162 Å². The van der Waals surface area contributed by atoms with Gasteiger partial charge in [0.15, 0.2) is 11.3 Å². The van der Waals surface area contributed by atoms with Crippen LogP contribution in [0.4, 0.5) is 5.69 Å². The van der Waals surface area contributed by atoms with Crippen LogP contribution in [0.25, 0.3) is 28.1 Å². The number of H-pyrrole nitrogens is 2. The number of carbonyl (C=O) groups is 2. The summed E-state index contributed by atoms with van der Waals surface area (Å²) in [7, 11) is 0. The van der Waals surface area contributed by atoms with E-state index in [1.54, 1.807) is 43.0 Å². The Balaban J connectivity index is 1.50. The van der Waals surface area contributed by atoms with Crippen molar-refractivity contribution in [2.75, 3.05) is 5.32 Å². The van der Waals surface area contributed by atoms with Crippen molar-refractivity contribution in [3.63, 3.8) is 0 Å². The molecular weight excluding hydrogens is 374 g/mol.